The van der Waals surface area contributed by atoms with Crippen LogP contribution in [-0.4, -0.2) is 19.3 Å². The van der Waals surface area contributed by atoms with Gasteiger partial charge in [-0.2, -0.15) is 17.2 Å². The summed E-state index contributed by atoms with van der Waals surface area (Å²) in [6.45, 7) is 19.9. The van der Waals surface area contributed by atoms with Gasteiger partial charge in [-0.3, -0.25) is 4.68 Å². The van der Waals surface area contributed by atoms with Crippen molar-refractivity contribution in [1.29, 1.82) is 0 Å². The van der Waals surface area contributed by atoms with Crippen LogP contribution in [-0.2, 0) is 20.4 Å². The van der Waals surface area contributed by atoms with Crippen LogP contribution < -0.4 is 4.74 Å². The average molecular weight is 723 g/mol. The number of fused-ring (bicyclic) bond motifs is 3. The van der Waals surface area contributed by atoms with E-state index in [9.17, 15) is 0 Å². The summed E-state index contributed by atoms with van der Waals surface area (Å²) >= 11 is 0. The number of aryl methyl sites for hydroxylation is 2. The summed E-state index contributed by atoms with van der Waals surface area (Å²) in [6.07, 6.45) is 1.85. The van der Waals surface area contributed by atoms with Crippen LogP contribution in [0.25, 0.3) is 44.4 Å². The van der Waals surface area contributed by atoms with Crippen LogP contribution >= 0.6 is 0 Å². The van der Waals surface area contributed by atoms with Gasteiger partial charge in [-0.15, -0.1) is 35.7 Å². The smallest absolute Gasteiger partial charge is 0.509 e. The molecule has 0 spiro atoms. The van der Waals surface area contributed by atoms with Crippen molar-refractivity contribution in [3.05, 3.63) is 130 Å². The fraction of sp³-hybridized carbons (Fsp3) is 0.238. The van der Waals surface area contributed by atoms with Gasteiger partial charge in [0.1, 0.15) is 5.82 Å². The average Bonchev–Trinajstić information content (AvgIpc) is 3.53. The molecule has 7 aromatic rings. The summed E-state index contributed by atoms with van der Waals surface area (Å²) in [5.41, 5.74) is 15.4. The maximum absolute atomic E-state index is 6.44. The topological polar surface area (TPSA) is 44.9 Å². The Morgan fingerprint density at radius 2 is 1.42 bits per heavy atom. The summed E-state index contributed by atoms with van der Waals surface area (Å²) < 4.78 is 10.6. The molecule has 48 heavy (non-hydrogen) atoms. The van der Waals surface area contributed by atoms with Gasteiger partial charge in [0.15, 0.2) is 0 Å². The molecule has 244 valence electrons. The van der Waals surface area contributed by atoms with Gasteiger partial charge in [0.2, 0.25) is 0 Å². The first-order chi connectivity index (χ1) is 22.5. The molecule has 6 heteroatoms. The minimum Gasteiger partial charge on any atom is -0.509 e. The van der Waals surface area contributed by atoms with Crippen LogP contribution in [0.4, 0.5) is 0 Å². The van der Waals surface area contributed by atoms with Crippen molar-refractivity contribution < 1.29 is 25.2 Å². The molecule has 0 aliphatic rings. The molecule has 0 aliphatic carbocycles. The van der Waals surface area contributed by atoms with Crippen LogP contribution in [0.3, 0.4) is 0 Å². The molecule has 5 nitrogen and oxygen atoms in total. The number of aromatic nitrogens is 4. The number of rotatable bonds is 6. The van der Waals surface area contributed by atoms with E-state index in [1.54, 1.807) is 0 Å². The van der Waals surface area contributed by atoms with Crippen molar-refractivity contribution >= 4 is 21.8 Å². The number of hydrogen-bond acceptors (Lipinski definition) is 3. The number of benzene rings is 4. The van der Waals surface area contributed by atoms with Gasteiger partial charge in [-0.1, -0.05) is 37.6 Å². The van der Waals surface area contributed by atoms with E-state index in [4.69, 9.17) is 14.8 Å². The Kier molecular flexibility index (Phi) is 8.94. The third-order valence-corrected chi connectivity index (χ3v) is 9.69. The maximum Gasteiger partial charge on any atom is 2.00 e. The zero-order valence-corrected chi connectivity index (χ0v) is 30.6. The van der Waals surface area contributed by atoms with Crippen LogP contribution in [0.15, 0.2) is 72.9 Å². The Labute approximate surface area is 297 Å². The normalized spacial score (nSPS) is 11.5. The molecule has 0 saturated heterocycles. The Hall–Kier alpha value is -4.50. The molecule has 0 atom stereocenters. The van der Waals surface area contributed by atoms with Crippen molar-refractivity contribution in [1.82, 2.24) is 19.3 Å². The summed E-state index contributed by atoms with van der Waals surface area (Å²) in [5.74, 6) is 2.54. The van der Waals surface area contributed by atoms with E-state index in [-0.39, 0.29) is 20.4 Å². The molecule has 7 rings (SSSR count). The molecular formula is C42H40N4OPd. The van der Waals surface area contributed by atoms with E-state index in [0.29, 0.717) is 17.4 Å². The molecule has 0 amide bonds. The number of pyridine rings is 1. The predicted octanol–water partition coefficient (Wildman–Crippen LogP) is 10.7. The third-order valence-electron chi connectivity index (χ3n) is 9.69. The molecule has 0 radical (unpaired) electrons. The molecule has 3 aromatic heterocycles. The number of nitrogens with zero attached hydrogens (tertiary/aromatic N) is 4. The summed E-state index contributed by atoms with van der Waals surface area (Å²) in [6, 6.07) is 29.6. The fourth-order valence-corrected chi connectivity index (χ4v) is 7.37. The van der Waals surface area contributed by atoms with Crippen molar-refractivity contribution in [3.8, 4) is 34.1 Å². The van der Waals surface area contributed by atoms with E-state index in [0.717, 1.165) is 50.3 Å². The molecule has 0 fully saturated rings. The van der Waals surface area contributed by atoms with E-state index in [1.165, 1.54) is 38.9 Å². The maximum atomic E-state index is 6.44. The number of ether oxygens (including phenoxy) is 1. The zero-order valence-electron chi connectivity index (χ0n) is 29.0. The molecule has 0 bridgehead atoms. The second-order valence-corrected chi connectivity index (χ2v) is 13.0. The predicted molar refractivity (Wildman–Crippen MR) is 193 cm³/mol. The first kappa shape index (κ1) is 33.4. The Morgan fingerprint density at radius 3 is 2.12 bits per heavy atom. The minimum atomic E-state index is 0. The molecule has 0 saturated carbocycles. The first-order valence-corrected chi connectivity index (χ1v) is 16.3. The molecule has 0 N–H and O–H groups in total. The van der Waals surface area contributed by atoms with Crippen molar-refractivity contribution in [2.75, 3.05) is 0 Å². The van der Waals surface area contributed by atoms with Crippen molar-refractivity contribution in [2.24, 2.45) is 0 Å². The Morgan fingerprint density at radius 1 is 0.708 bits per heavy atom. The van der Waals surface area contributed by atoms with Crippen LogP contribution in [0.2, 0.25) is 0 Å². The van der Waals surface area contributed by atoms with Crippen LogP contribution in [0.5, 0.6) is 11.5 Å². The van der Waals surface area contributed by atoms with Gasteiger partial charge in [-0.05, 0) is 123 Å². The van der Waals surface area contributed by atoms with E-state index < -0.39 is 0 Å². The Balaban J connectivity index is 0.00000401. The van der Waals surface area contributed by atoms with E-state index in [2.05, 4.69) is 115 Å². The monoisotopic (exact) mass is 722 g/mol. The zero-order chi connectivity index (χ0) is 33.1. The van der Waals surface area contributed by atoms with Gasteiger partial charge in [0.05, 0.1) is 5.69 Å². The quantitative estimate of drug-likeness (QED) is 0.127. The Bertz CT molecular complexity index is 2310. The van der Waals surface area contributed by atoms with Crippen LogP contribution in [0, 0.1) is 60.6 Å². The van der Waals surface area contributed by atoms with Crippen molar-refractivity contribution in [2.45, 2.75) is 68.2 Å². The largest absolute Gasteiger partial charge is 2.00 e. The summed E-state index contributed by atoms with van der Waals surface area (Å²) in [7, 11) is 0. The molecule has 0 aliphatic heterocycles. The minimum absolute atomic E-state index is 0. The molecule has 3 heterocycles. The van der Waals surface area contributed by atoms with E-state index in [1.807, 2.05) is 41.2 Å². The van der Waals surface area contributed by atoms with Gasteiger partial charge >= 0.3 is 20.4 Å². The van der Waals surface area contributed by atoms with Crippen LogP contribution in [0.1, 0.15) is 64.5 Å². The second-order valence-electron chi connectivity index (χ2n) is 13.0. The van der Waals surface area contributed by atoms with Gasteiger partial charge in [0.25, 0.3) is 0 Å². The standard InChI is InChI=1S/C42H40N4O.Pd/c1-24(2)40-26(4)28(6)41(29(7)27(40)5)42-30(8)44-46(31(42)9)32-13-12-14-33(22-32)47-34-17-18-36-35-15-10-11-16-37(35)45(38(36)23-34)39-21-25(3)19-20-43-39;/h10-21,24H,1-9H3;/q-2;+2. The third kappa shape index (κ3) is 5.48. The van der Waals surface area contributed by atoms with E-state index >= 15 is 0 Å². The SMILES string of the molecule is Cc1ccnc(-n2c3[c-]c(Oc4[c-]c(-n5nc(C)c(-c6c(C)c(C)c(C(C)C)c(C)c6C)c5C)ccc4)ccc3c3ccccc32)c1.[Pd+2]. The number of hydrogen-bond donors (Lipinski definition) is 0. The first-order valence-electron chi connectivity index (χ1n) is 16.3. The van der Waals surface area contributed by atoms with Crippen molar-refractivity contribution in [3.63, 3.8) is 0 Å². The molecule has 4 aromatic carbocycles. The molecular weight excluding hydrogens is 683 g/mol. The fourth-order valence-electron chi connectivity index (χ4n) is 7.37. The molecule has 0 unspecified atom stereocenters. The van der Waals surface area contributed by atoms with Gasteiger partial charge in [-0.25, -0.2) is 4.98 Å². The second kappa shape index (κ2) is 12.8. The summed E-state index contributed by atoms with van der Waals surface area (Å²) in [5, 5.41) is 7.28. The van der Waals surface area contributed by atoms with Gasteiger partial charge in [0, 0.05) is 34.5 Å². The van der Waals surface area contributed by atoms with Gasteiger partial charge < -0.3 is 9.30 Å². The number of para-hydroxylation sites is 1. The summed E-state index contributed by atoms with van der Waals surface area (Å²) in [4.78, 5) is 4.70.